The number of nitrogens with one attached hydrogen (secondary N) is 2. The zero-order valence-electron chi connectivity index (χ0n) is 7.91. The van der Waals surface area contributed by atoms with Crippen LogP contribution in [0.25, 0.3) is 0 Å². The van der Waals surface area contributed by atoms with Gasteiger partial charge in [0.25, 0.3) is 0 Å². The minimum absolute atomic E-state index is 0.0337. The third-order valence-corrected chi connectivity index (χ3v) is 1.94. The first-order valence-corrected chi connectivity index (χ1v) is 4.54. The van der Waals surface area contributed by atoms with E-state index in [9.17, 15) is 9.59 Å². The van der Waals surface area contributed by atoms with Gasteiger partial charge in [-0.05, 0) is 0 Å². The van der Waals surface area contributed by atoms with Crippen molar-refractivity contribution in [3.05, 3.63) is 0 Å². The molecular formula is C8H15N3O3. The van der Waals surface area contributed by atoms with Gasteiger partial charge in [-0.1, -0.05) is 0 Å². The molecule has 1 aliphatic rings. The topological polar surface area (TPSA) is 93.5 Å². The van der Waals surface area contributed by atoms with Crippen molar-refractivity contribution in [3.63, 3.8) is 0 Å². The van der Waals surface area contributed by atoms with E-state index in [4.69, 9.17) is 10.5 Å². The average Bonchev–Trinajstić information content (AvgIpc) is 1.99. The summed E-state index contributed by atoms with van der Waals surface area (Å²) >= 11 is 0. The third-order valence-electron chi connectivity index (χ3n) is 1.94. The minimum atomic E-state index is -0.500. The Morgan fingerprint density at radius 2 is 2.21 bits per heavy atom. The summed E-state index contributed by atoms with van der Waals surface area (Å²) in [5.74, 6) is -0.378. The molecule has 1 aliphatic heterocycles. The molecule has 0 aromatic heterocycles. The molecule has 1 saturated heterocycles. The second kappa shape index (κ2) is 5.56. The molecule has 1 rings (SSSR count). The minimum Gasteiger partial charge on any atom is -0.370 e. The van der Waals surface area contributed by atoms with Crippen LogP contribution in [0.3, 0.4) is 0 Å². The fourth-order valence-corrected chi connectivity index (χ4v) is 1.04. The van der Waals surface area contributed by atoms with E-state index in [1.165, 1.54) is 0 Å². The molecule has 1 fully saturated rings. The SMILES string of the molecule is NC(=O)COCCNC(=O)C1CNC1. The van der Waals surface area contributed by atoms with Gasteiger partial charge >= 0.3 is 0 Å². The Morgan fingerprint density at radius 3 is 2.71 bits per heavy atom. The van der Waals surface area contributed by atoms with Gasteiger partial charge in [-0.2, -0.15) is 0 Å². The van der Waals surface area contributed by atoms with E-state index in [0.29, 0.717) is 13.2 Å². The lowest BCUT2D eigenvalue weighted by atomic mass is 10.0. The van der Waals surface area contributed by atoms with E-state index in [1.807, 2.05) is 0 Å². The van der Waals surface area contributed by atoms with Crippen molar-refractivity contribution in [1.29, 1.82) is 0 Å². The van der Waals surface area contributed by atoms with Gasteiger partial charge in [0.15, 0.2) is 0 Å². The van der Waals surface area contributed by atoms with E-state index in [0.717, 1.165) is 13.1 Å². The van der Waals surface area contributed by atoms with Gasteiger partial charge < -0.3 is 21.1 Å². The molecule has 2 amide bonds. The fraction of sp³-hybridized carbons (Fsp3) is 0.750. The van der Waals surface area contributed by atoms with E-state index >= 15 is 0 Å². The second-order valence-corrected chi connectivity index (χ2v) is 3.17. The largest absolute Gasteiger partial charge is 0.370 e. The van der Waals surface area contributed by atoms with Crippen LogP contribution < -0.4 is 16.4 Å². The zero-order chi connectivity index (χ0) is 10.4. The van der Waals surface area contributed by atoms with E-state index in [2.05, 4.69) is 10.6 Å². The Hall–Kier alpha value is -1.14. The van der Waals surface area contributed by atoms with Gasteiger partial charge in [-0.25, -0.2) is 0 Å². The number of nitrogens with two attached hydrogens (primary N) is 1. The fourth-order valence-electron chi connectivity index (χ4n) is 1.04. The average molecular weight is 201 g/mol. The predicted octanol–water partition coefficient (Wildman–Crippen LogP) is -2.18. The summed E-state index contributed by atoms with van der Waals surface area (Å²) in [6, 6.07) is 0. The molecule has 0 aliphatic carbocycles. The third kappa shape index (κ3) is 3.71. The first-order chi connectivity index (χ1) is 6.70. The van der Waals surface area contributed by atoms with Gasteiger partial charge in [0, 0.05) is 19.6 Å². The molecule has 0 saturated carbocycles. The van der Waals surface area contributed by atoms with Gasteiger partial charge in [0.05, 0.1) is 12.5 Å². The maximum atomic E-state index is 11.2. The Bertz CT molecular complexity index is 216. The first kappa shape index (κ1) is 10.9. The van der Waals surface area contributed by atoms with Crippen molar-refractivity contribution in [2.75, 3.05) is 32.8 Å². The van der Waals surface area contributed by atoms with Crippen molar-refractivity contribution in [1.82, 2.24) is 10.6 Å². The van der Waals surface area contributed by atoms with Gasteiger partial charge in [0.2, 0.25) is 11.8 Å². The van der Waals surface area contributed by atoms with Gasteiger partial charge in [0.1, 0.15) is 6.61 Å². The number of primary amides is 1. The summed E-state index contributed by atoms with van der Waals surface area (Å²) in [5.41, 5.74) is 4.85. The second-order valence-electron chi connectivity index (χ2n) is 3.17. The van der Waals surface area contributed by atoms with E-state index in [-0.39, 0.29) is 18.4 Å². The summed E-state index contributed by atoms with van der Waals surface area (Å²) in [6.45, 7) is 2.13. The summed E-state index contributed by atoms with van der Waals surface area (Å²) in [6.07, 6.45) is 0. The van der Waals surface area contributed by atoms with Crippen LogP contribution in [0.15, 0.2) is 0 Å². The molecule has 0 atom stereocenters. The van der Waals surface area contributed by atoms with Gasteiger partial charge in [-0.3, -0.25) is 9.59 Å². The number of carbonyl (C=O) groups is 2. The Kier molecular flexibility index (Phi) is 4.34. The zero-order valence-corrected chi connectivity index (χ0v) is 7.91. The lowest BCUT2D eigenvalue weighted by molar-refractivity contribution is -0.126. The molecule has 0 spiro atoms. The van der Waals surface area contributed by atoms with Crippen molar-refractivity contribution < 1.29 is 14.3 Å². The van der Waals surface area contributed by atoms with Crippen molar-refractivity contribution in [2.45, 2.75) is 0 Å². The number of amides is 2. The monoisotopic (exact) mass is 201 g/mol. The molecule has 80 valence electrons. The standard InChI is InChI=1S/C8H15N3O3/c9-7(12)5-14-2-1-11-8(13)6-3-10-4-6/h6,10H,1-5H2,(H2,9,12)(H,11,13). The Morgan fingerprint density at radius 1 is 1.50 bits per heavy atom. The van der Waals surface area contributed by atoms with Crippen LogP contribution in [0.1, 0.15) is 0 Å². The summed E-state index contributed by atoms with van der Waals surface area (Å²) in [7, 11) is 0. The summed E-state index contributed by atoms with van der Waals surface area (Å²) < 4.78 is 4.87. The molecule has 1 heterocycles. The highest BCUT2D eigenvalue weighted by Gasteiger charge is 2.23. The van der Waals surface area contributed by atoms with Crippen LogP contribution in [-0.2, 0) is 14.3 Å². The number of rotatable bonds is 6. The van der Waals surface area contributed by atoms with Crippen LogP contribution in [0.5, 0.6) is 0 Å². The highest BCUT2D eigenvalue weighted by Crippen LogP contribution is 2.01. The molecule has 0 radical (unpaired) electrons. The van der Waals surface area contributed by atoms with Gasteiger partial charge in [-0.15, -0.1) is 0 Å². The first-order valence-electron chi connectivity index (χ1n) is 4.54. The Labute approximate surface area is 82.2 Å². The van der Waals surface area contributed by atoms with Crippen LogP contribution in [0, 0.1) is 5.92 Å². The quantitative estimate of drug-likeness (QED) is 0.426. The number of ether oxygens (including phenoxy) is 1. The highest BCUT2D eigenvalue weighted by molar-refractivity contribution is 5.80. The molecular weight excluding hydrogens is 186 g/mol. The molecule has 4 N–H and O–H groups in total. The summed E-state index contributed by atoms with van der Waals surface area (Å²) in [5, 5.41) is 5.71. The lowest BCUT2D eigenvalue weighted by Gasteiger charge is -2.25. The van der Waals surface area contributed by atoms with Crippen LogP contribution in [0.4, 0.5) is 0 Å². The molecule has 14 heavy (non-hydrogen) atoms. The number of hydrogen-bond acceptors (Lipinski definition) is 4. The molecule has 6 heteroatoms. The van der Waals surface area contributed by atoms with E-state index in [1.54, 1.807) is 0 Å². The summed E-state index contributed by atoms with van der Waals surface area (Å²) in [4.78, 5) is 21.5. The smallest absolute Gasteiger partial charge is 0.243 e. The predicted molar refractivity (Wildman–Crippen MR) is 49.4 cm³/mol. The van der Waals surface area contributed by atoms with Crippen LogP contribution in [0.2, 0.25) is 0 Å². The molecule has 6 nitrogen and oxygen atoms in total. The van der Waals surface area contributed by atoms with Crippen molar-refractivity contribution >= 4 is 11.8 Å². The van der Waals surface area contributed by atoms with Crippen molar-refractivity contribution in [2.24, 2.45) is 11.7 Å². The molecule has 0 aromatic rings. The molecule has 0 bridgehead atoms. The van der Waals surface area contributed by atoms with Crippen molar-refractivity contribution in [3.8, 4) is 0 Å². The normalized spacial score (nSPS) is 16.0. The number of carbonyl (C=O) groups excluding carboxylic acids is 2. The maximum absolute atomic E-state index is 11.2. The lowest BCUT2D eigenvalue weighted by Crippen LogP contribution is -2.51. The highest BCUT2D eigenvalue weighted by atomic mass is 16.5. The Balaban J connectivity index is 1.92. The maximum Gasteiger partial charge on any atom is 0.243 e. The van der Waals surface area contributed by atoms with Crippen LogP contribution >= 0.6 is 0 Å². The van der Waals surface area contributed by atoms with Crippen LogP contribution in [-0.4, -0.2) is 44.7 Å². The number of hydrogen-bond donors (Lipinski definition) is 3. The molecule has 0 unspecified atom stereocenters. The van der Waals surface area contributed by atoms with E-state index < -0.39 is 5.91 Å². The molecule has 0 aromatic carbocycles.